The van der Waals surface area contributed by atoms with Crippen LogP contribution in [0.15, 0.2) is 100 Å². The van der Waals surface area contributed by atoms with E-state index in [2.05, 4.69) is 0 Å². The van der Waals surface area contributed by atoms with Crippen molar-refractivity contribution < 1.29 is 13.9 Å². The first kappa shape index (κ1) is 20.0. The van der Waals surface area contributed by atoms with Crippen molar-refractivity contribution in [1.29, 1.82) is 0 Å². The van der Waals surface area contributed by atoms with Crippen molar-refractivity contribution in [1.82, 2.24) is 0 Å². The highest BCUT2D eigenvalue weighted by Crippen LogP contribution is 2.31. The zero-order chi connectivity index (χ0) is 22.1. The molecule has 0 saturated heterocycles. The Bertz CT molecular complexity index is 1520. The van der Waals surface area contributed by atoms with E-state index in [1.165, 1.54) is 0 Å². The Kier molecular flexibility index (Phi) is 5.21. The number of ketones is 1. The first-order valence-electron chi connectivity index (χ1n) is 10.1. The SMILES string of the molecule is O=C(COc1c(-c2ccc(Cl)cc2)oc2ccccc2c1=O)c1ccc2ccccc2c1. The summed E-state index contributed by atoms with van der Waals surface area (Å²) in [4.78, 5) is 26.0. The molecule has 0 spiro atoms. The molecule has 5 heteroatoms. The largest absolute Gasteiger partial charge is 0.478 e. The average molecular weight is 441 g/mol. The fraction of sp³-hybridized carbons (Fsp3) is 0.0370. The number of hydrogen-bond acceptors (Lipinski definition) is 4. The molecule has 4 aromatic carbocycles. The molecule has 0 saturated carbocycles. The molecule has 0 fully saturated rings. The lowest BCUT2D eigenvalue weighted by Gasteiger charge is -2.12. The molecule has 4 nitrogen and oxygen atoms in total. The Labute approximate surface area is 188 Å². The number of hydrogen-bond donors (Lipinski definition) is 0. The Hall–Kier alpha value is -3.89. The molecule has 0 unspecified atom stereocenters. The van der Waals surface area contributed by atoms with Gasteiger partial charge in [0.15, 0.2) is 18.2 Å². The maximum absolute atomic E-state index is 13.2. The lowest BCUT2D eigenvalue weighted by molar-refractivity contribution is 0.0920. The number of fused-ring (bicyclic) bond motifs is 2. The number of halogens is 1. The minimum absolute atomic E-state index is 0.000150. The van der Waals surface area contributed by atoms with E-state index >= 15 is 0 Å². The fourth-order valence-electron chi connectivity index (χ4n) is 3.63. The van der Waals surface area contributed by atoms with E-state index in [4.69, 9.17) is 20.8 Å². The standard InChI is InChI=1S/C27H17ClO4/c28-21-13-11-18(12-14-21)26-27(25(30)22-7-3-4-8-24(22)32-26)31-16-23(29)20-10-9-17-5-1-2-6-19(17)15-20/h1-15H,16H2. The normalized spacial score (nSPS) is 11.0. The van der Waals surface area contributed by atoms with E-state index in [9.17, 15) is 9.59 Å². The predicted molar refractivity (Wildman–Crippen MR) is 127 cm³/mol. The van der Waals surface area contributed by atoms with Crippen molar-refractivity contribution >= 4 is 39.1 Å². The molecule has 0 aliphatic rings. The summed E-state index contributed by atoms with van der Waals surface area (Å²) in [5.74, 6) is 0.0298. The van der Waals surface area contributed by atoms with Gasteiger partial charge in [0, 0.05) is 16.1 Å². The van der Waals surface area contributed by atoms with Gasteiger partial charge in [-0.25, -0.2) is 0 Å². The monoisotopic (exact) mass is 440 g/mol. The smallest absolute Gasteiger partial charge is 0.235 e. The fourth-order valence-corrected chi connectivity index (χ4v) is 3.76. The van der Waals surface area contributed by atoms with Crippen LogP contribution in [0, 0.1) is 0 Å². The van der Waals surface area contributed by atoms with Gasteiger partial charge in [-0.05, 0) is 53.2 Å². The summed E-state index contributed by atoms with van der Waals surface area (Å²) >= 11 is 6.01. The first-order chi connectivity index (χ1) is 15.6. The molecule has 1 heterocycles. The second kappa shape index (κ2) is 8.33. The van der Waals surface area contributed by atoms with E-state index in [0.717, 1.165) is 10.8 Å². The molecule has 5 rings (SSSR count). The van der Waals surface area contributed by atoms with Crippen LogP contribution in [0.3, 0.4) is 0 Å². The zero-order valence-corrected chi connectivity index (χ0v) is 17.6. The number of Topliss-reactive ketones (excluding diaryl/α,β-unsaturated/α-hetero) is 1. The minimum atomic E-state index is -0.330. The Morgan fingerprint density at radius 1 is 0.844 bits per heavy atom. The van der Waals surface area contributed by atoms with Gasteiger partial charge in [-0.15, -0.1) is 0 Å². The molecule has 0 aliphatic heterocycles. The highest BCUT2D eigenvalue weighted by Gasteiger charge is 2.19. The first-order valence-corrected chi connectivity index (χ1v) is 10.4. The lowest BCUT2D eigenvalue weighted by Crippen LogP contribution is -2.17. The molecular formula is C27H17ClO4. The lowest BCUT2D eigenvalue weighted by atomic mass is 10.0. The van der Waals surface area contributed by atoms with Crippen LogP contribution in [0.25, 0.3) is 33.1 Å². The topological polar surface area (TPSA) is 56.5 Å². The van der Waals surface area contributed by atoms with Crippen LogP contribution in [0.2, 0.25) is 5.02 Å². The van der Waals surface area contributed by atoms with Gasteiger partial charge in [-0.1, -0.05) is 60.1 Å². The van der Waals surface area contributed by atoms with Gasteiger partial charge in [0.25, 0.3) is 0 Å². The van der Waals surface area contributed by atoms with Gasteiger partial charge in [0.05, 0.1) is 5.39 Å². The quantitative estimate of drug-likeness (QED) is 0.291. The van der Waals surface area contributed by atoms with Crippen LogP contribution in [0.4, 0.5) is 0 Å². The Morgan fingerprint density at radius 3 is 2.38 bits per heavy atom. The number of benzene rings is 4. The third-order valence-corrected chi connectivity index (χ3v) is 5.53. The third-order valence-electron chi connectivity index (χ3n) is 5.28. The number of para-hydroxylation sites is 1. The van der Waals surface area contributed by atoms with Gasteiger partial charge in [0.2, 0.25) is 11.2 Å². The number of rotatable bonds is 5. The van der Waals surface area contributed by atoms with Gasteiger partial charge < -0.3 is 9.15 Å². The summed E-state index contributed by atoms with van der Waals surface area (Å²) in [5.41, 5.74) is 1.26. The summed E-state index contributed by atoms with van der Waals surface area (Å²) in [6.07, 6.45) is 0. The summed E-state index contributed by atoms with van der Waals surface area (Å²) in [6.45, 7) is -0.290. The summed E-state index contributed by atoms with van der Waals surface area (Å²) in [7, 11) is 0. The molecule has 5 aromatic rings. The van der Waals surface area contributed by atoms with Crippen molar-refractivity contribution in [2.24, 2.45) is 0 Å². The van der Waals surface area contributed by atoms with Gasteiger partial charge in [-0.2, -0.15) is 0 Å². The van der Waals surface area contributed by atoms with Crippen molar-refractivity contribution in [3.8, 4) is 17.1 Å². The molecular weight excluding hydrogens is 424 g/mol. The van der Waals surface area contributed by atoms with Crippen LogP contribution in [0.1, 0.15) is 10.4 Å². The Morgan fingerprint density at radius 2 is 1.56 bits per heavy atom. The second-order valence-corrected chi connectivity index (χ2v) is 7.80. The molecule has 32 heavy (non-hydrogen) atoms. The molecule has 0 amide bonds. The van der Waals surface area contributed by atoms with Crippen LogP contribution >= 0.6 is 11.6 Å². The maximum Gasteiger partial charge on any atom is 0.235 e. The average Bonchev–Trinajstić information content (AvgIpc) is 2.83. The van der Waals surface area contributed by atoms with E-state index in [1.54, 1.807) is 54.6 Å². The van der Waals surface area contributed by atoms with Crippen molar-refractivity contribution in [2.45, 2.75) is 0 Å². The highest BCUT2D eigenvalue weighted by atomic mass is 35.5. The maximum atomic E-state index is 13.2. The number of ether oxygens (including phenoxy) is 1. The van der Waals surface area contributed by atoms with Crippen molar-refractivity contribution in [2.75, 3.05) is 6.61 Å². The predicted octanol–water partition coefficient (Wildman–Crippen LogP) is 6.53. The van der Waals surface area contributed by atoms with Crippen molar-refractivity contribution in [3.05, 3.63) is 112 Å². The third kappa shape index (κ3) is 3.77. The second-order valence-electron chi connectivity index (χ2n) is 7.37. The molecule has 0 aliphatic carbocycles. The molecule has 0 bridgehead atoms. The number of carbonyl (C=O) groups is 1. The van der Waals surface area contributed by atoms with Crippen LogP contribution in [0.5, 0.6) is 5.75 Å². The van der Waals surface area contributed by atoms with Gasteiger partial charge in [-0.3, -0.25) is 9.59 Å². The van der Waals surface area contributed by atoms with E-state index in [0.29, 0.717) is 27.1 Å². The van der Waals surface area contributed by atoms with E-state index < -0.39 is 0 Å². The molecule has 0 radical (unpaired) electrons. The van der Waals surface area contributed by atoms with E-state index in [1.807, 2.05) is 36.4 Å². The van der Waals surface area contributed by atoms with Crippen LogP contribution < -0.4 is 10.2 Å². The van der Waals surface area contributed by atoms with E-state index in [-0.39, 0.29) is 29.3 Å². The summed E-state index contributed by atoms with van der Waals surface area (Å²) in [6, 6.07) is 27.1. The molecule has 1 aromatic heterocycles. The molecule has 156 valence electrons. The zero-order valence-electron chi connectivity index (χ0n) is 16.9. The Balaban J connectivity index is 1.53. The van der Waals surface area contributed by atoms with Gasteiger partial charge in [0.1, 0.15) is 5.58 Å². The van der Waals surface area contributed by atoms with Crippen LogP contribution in [-0.2, 0) is 0 Å². The van der Waals surface area contributed by atoms with Crippen molar-refractivity contribution in [3.63, 3.8) is 0 Å². The van der Waals surface area contributed by atoms with Gasteiger partial charge >= 0.3 is 0 Å². The summed E-state index contributed by atoms with van der Waals surface area (Å²) in [5, 5.41) is 2.96. The molecule has 0 N–H and O–H groups in total. The van der Waals surface area contributed by atoms with Crippen LogP contribution in [-0.4, -0.2) is 12.4 Å². The number of carbonyl (C=O) groups excluding carboxylic acids is 1. The minimum Gasteiger partial charge on any atom is -0.478 e. The highest BCUT2D eigenvalue weighted by molar-refractivity contribution is 6.30. The summed E-state index contributed by atoms with van der Waals surface area (Å²) < 4.78 is 11.8. The molecule has 0 atom stereocenters.